The van der Waals surface area contributed by atoms with Crippen LogP contribution in [0.15, 0.2) is 53.7 Å². The van der Waals surface area contributed by atoms with Gasteiger partial charge in [0, 0.05) is 79.9 Å². The third kappa shape index (κ3) is 4.92. The lowest BCUT2D eigenvalue weighted by molar-refractivity contribution is 0.111. The zero-order valence-corrected chi connectivity index (χ0v) is 22.9. The summed E-state index contributed by atoms with van der Waals surface area (Å²) < 4.78 is 1.91. The quantitative estimate of drug-likeness (QED) is 0.354. The zero-order valence-electron chi connectivity index (χ0n) is 22.9. The van der Waals surface area contributed by atoms with Gasteiger partial charge in [-0.1, -0.05) is 12.1 Å². The smallest absolute Gasteiger partial charge is 0.260 e. The molecule has 0 spiro atoms. The van der Waals surface area contributed by atoms with Crippen molar-refractivity contribution in [1.82, 2.24) is 24.4 Å². The lowest BCUT2D eigenvalue weighted by atomic mass is 9.92. The van der Waals surface area contributed by atoms with Gasteiger partial charge in [-0.3, -0.25) is 19.2 Å². The van der Waals surface area contributed by atoms with Crippen LogP contribution in [0, 0.1) is 0 Å². The van der Waals surface area contributed by atoms with Crippen molar-refractivity contribution < 1.29 is 5.11 Å². The molecule has 4 aromatic rings. The average Bonchev–Trinajstić information content (AvgIpc) is 2.97. The molecule has 1 saturated heterocycles. The van der Waals surface area contributed by atoms with E-state index >= 15 is 0 Å². The second kappa shape index (κ2) is 10.8. The van der Waals surface area contributed by atoms with Crippen LogP contribution in [-0.4, -0.2) is 67.9 Å². The summed E-state index contributed by atoms with van der Waals surface area (Å²) in [7, 11) is 0. The highest BCUT2D eigenvalue weighted by Gasteiger charge is 2.26. The molecule has 40 heavy (non-hydrogen) atoms. The fourth-order valence-corrected chi connectivity index (χ4v) is 6.51. The number of hydrogen-bond donors (Lipinski definition) is 2. The summed E-state index contributed by atoms with van der Waals surface area (Å²) in [6.07, 6.45) is 11.8. The molecule has 3 fully saturated rings. The molecular weight excluding hydrogens is 502 g/mol. The Bertz CT molecular complexity index is 1550. The molecule has 0 radical (unpaired) electrons. The Morgan fingerprint density at radius 1 is 0.900 bits per heavy atom. The predicted molar refractivity (Wildman–Crippen MR) is 158 cm³/mol. The number of pyridine rings is 2. The van der Waals surface area contributed by atoms with Gasteiger partial charge in [-0.15, -0.1) is 0 Å². The topological polar surface area (TPSA) is 99.4 Å². The Balaban J connectivity index is 1.20. The summed E-state index contributed by atoms with van der Waals surface area (Å²) in [5.41, 5.74) is 3.09. The molecule has 208 valence electrons. The van der Waals surface area contributed by atoms with Gasteiger partial charge < -0.3 is 15.3 Å². The molecule has 1 aliphatic heterocycles. The van der Waals surface area contributed by atoms with Crippen molar-refractivity contribution in [3.63, 3.8) is 0 Å². The van der Waals surface area contributed by atoms with Crippen LogP contribution in [0.5, 0.6) is 0 Å². The molecule has 0 bridgehead atoms. The molecule has 4 heterocycles. The molecule has 2 aliphatic carbocycles. The van der Waals surface area contributed by atoms with E-state index in [0.717, 1.165) is 80.1 Å². The van der Waals surface area contributed by atoms with Crippen LogP contribution in [0.4, 0.5) is 11.6 Å². The Kier molecular flexibility index (Phi) is 6.85. The van der Waals surface area contributed by atoms with E-state index in [1.165, 1.54) is 12.1 Å². The van der Waals surface area contributed by atoms with E-state index in [1.807, 2.05) is 23.2 Å². The van der Waals surface area contributed by atoms with Gasteiger partial charge in [0.05, 0.1) is 6.10 Å². The first kappa shape index (κ1) is 25.4. The maximum absolute atomic E-state index is 14.2. The molecule has 0 atom stereocenters. The number of piperazine rings is 1. The summed E-state index contributed by atoms with van der Waals surface area (Å²) in [6, 6.07) is 10.9. The van der Waals surface area contributed by atoms with E-state index in [4.69, 9.17) is 4.98 Å². The predicted octanol–water partition coefficient (Wildman–Crippen LogP) is 4.10. The van der Waals surface area contributed by atoms with Crippen LogP contribution in [0.25, 0.3) is 21.8 Å². The number of anilines is 2. The summed E-state index contributed by atoms with van der Waals surface area (Å²) in [5, 5.41) is 16.2. The minimum Gasteiger partial charge on any atom is -0.393 e. The Hall–Kier alpha value is -3.56. The van der Waals surface area contributed by atoms with Crippen molar-refractivity contribution in [1.29, 1.82) is 0 Å². The van der Waals surface area contributed by atoms with E-state index in [1.54, 1.807) is 0 Å². The van der Waals surface area contributed by atoms with Crippen LogP contribution in [0.3, 0.4) is 0 Å². The fraction of sp³-hybridized carbons (Fsp3) is 0.484. The zero-order chi connectivity index (χ0) is 27.1. The van der Waals surface area contributed by atoms with Gasteiger partial charge in [0.15, 0.2) is 0 Å². The molecule has 7 rings (SSSR count). The molecule has 0 unspecified atom stereocenters. The SMILES string of the molecule is O=c1c2cc(CN3CCN(c4ccncc4)CC3)ccc2c2cnc(NC3CCC3)nc2n1C1CCC(O)CC1. The third-order valence-corrected chi connectivity index (χ3v) is 9.10. The molecule has 9 heteroatoms. The number of aromatic nitrogens is 4. The molecule has 1 aromatic carbocycles. The first-order chi connectivity index (χ1) is 19.6. The van der Waals surface area contributed by atoms with Crippen molar-refractivity contribution in [2.24, 2.45) is 0 Å². The molecule has 3 aromatic heterocycles. The Morgan fingerprint density at radius 3 is 2.40 bits per heavy atom. The highest BCUT2D eigenvalue weighted by atomic mass is 16.3. The number of rotatable bonds is 6. The molecule has 0 amide bonds. The Labute approximate surface area is 233 Å². The second-order valence-corrected chi connectivity index (χ2v) is 11.7. The van der Waals surface area contributed by atoms with Crippen LogP contribution < -0.4 is 15.8 Å². The second-order valence-electron chi connectivity index (χ2n) is 11.7. The number of aliphatic hydroxyl groups excluding tert-OH is 1. The van der Waals surface area contributed by atoms with Gasteiger partial charge in [0.25, 0.3) is 5.56 Å². The third-order valence-electron chi connectivity index (χ3n) is 9.10. The molecule has 9 nitrogen and oxygen atoms in total. The van der Waals surface area contributed by atoms with E-state index in [2.05, 4.69) is 55.4 Å². The van der Waals surface area contributed by atoms with Gasteiger partial charge in [0.2, 0.25) is 5.95 Å². The average molecular weight is 540 g/mol. The fourth-order valence-electron chi connectivity index (χ4n) is 6.51. The first-order valence-electron chi connectivity index (χ1n) is 14.8. The van der Waals surface area contributed by atoms with Crippen molar-refractivity contribution in [3.8, 4) is 0 Å². The van der Waals surface area contributed by atoms with Crippen molar-refractivity contribution >= 4 is 33.4 Å². The van der Waals surface area contributed by atoms with E-state index in [0.29, 0.717) is 30.5 Å². The number of fused-ring (bicyclic) bond motifs is 3. The molecule has 3 aliphatic rings. The number of aliphatic hydroxyl groups is 1. The molecule has 2 N–H and O–H groups in total. The van der Waals surface area contributed by atoms with Crippen molar-refractivity contribution in [2.75, 3.05) is 36.4 Å². The highest BCUT2D eigenvalue weighted by molar-refractivity contribution is 6.04. The minimum atomic E-state index is -0.283. The number of hydrogen-bond acceptors (Lipinski definition) is 8. The minimum absolute atomic E-state index is 0.0153. The largest absolute Gasteiger partial charge is 0.393 e. The van der Waals surface area contributed by atoms with Gasteiger partial charge in [-0.25, -0.2) is 4.98 Å². The lowest BCUT2D eigenvalue weighted by Crippen LogP contribution is -2.45. The van der Waals surface area contributed by atoms with E-state index in [-0.39, 0.29) is 17.7 Å². The van der Waals surface area contributed by atoms with Crippen LogP contribution >= 0.6 is 0 Å². The van der Waals surface area contributed by atoms with Crippen LogP contribution in [0.1, 0.15) is 56.6 Å². The Morgan fingerprint density at radius 2 is 1.68 bits per heavy atom. The van der Waals surface area contributed by atoms with Crippen molar-refractivity contribution in [3.05, 3.63) is 64.8 Å². The normalized spacial score (nSPS) is 22.5. The van der Waals surface area contributed by atoms with Gasteiger partial charge in [-0.2, -0.15) is 4.98 Å². The van der Waals surface area contributed by atoms with Gasteiger partial charge in [0.1, 0.15) is 5.65 Å². The monoisotopic (exact) mass is 539 g/mol. The summed E-state index contributed by atoms with van der Waals surface area (Å²) in [4.78, 5) is 32.7. The standard InChI is InChI=1S/C31H37N7O2/c39-25-7-5-24(6-8-25)38-29-28(19-33-31(35-29)34-22-2-1-3-22)26-9-4-21(18-27(26)30(38)40)20-36-14-16-37(17-15-36)23-10-12-32-13-11-23/h4,9-13,18-19,22,24-25,39H,1-3,5-8,14-17,20H2,(H,33,34,35). The van der Waals surface area contributed by atoms with E-state index < -0.39 is 0 Å². The summed E-state index contributed by atoms with van der Waals surface area (Å²) in [5.74, 6) is 0.600. The maximum atomic E-state index is 14.2. The van der Waals surface area contributed by atoms with Gasteiger partial charge in [-0.05, 0) is 74.1 Å². The molecular formula is C31H37N7O2. The van der Waals surface area contributed by atoms with E-state index in [9.17, 15) is 9.90 Å². The van der Waals surface area contributed by atoms with Crippen LogP contribution in [0.2, 0.25) is 0 Å². The highest BCUT2D eigenvalue weighted by Crippen LogP contribution is 2.33. The number of benzene rings is 1. The maximum Gasteiger partial charge on any atom is 0.260 e. The number of nitrogens with zero attached hydrogens (tertiary/aromatic N) is 6. The molecule has 2 saturated carbocycles. The summed E-state index contributed by atoms with van der Waals surface area (Å²) >= 11 is 0. The van der Waals surface area contributed by atoms with Crippen molar-refractivity contribution in [2.45, 2.75) is 69.7 Å². The first-order valence-corrected chi connectivity index (χ1v) is 14.8. The van der Waals surface area contributed by atoms with Gasteiger partial charge >= 0.3 is 0 Å². The number of nitrogens with one attached hydrogen (secondary N) is 1. The summed E-state index contributed by atoms with van der Waals surface area (Å²) in [6.45, 7) is 4.69. The van der Waals surface area contributed by atoms with Crippen LogP contribution in [-0.2, 0) is 6.54 Å². The lowest BCUT2D eigenvalue weighted by Gasteiger charge is -2.36.